The van der Waals surface area contributed by atoms with E-state index in [0.717, 1.165) is 12.8 Å². The first-order valence-corrected chi connectivity index (χ1v) is 6.15. The highest BCUT2D eigenvalue weighted by molar-refractivity contribution is 5.80. The topological polar surface area (TPSA) is 57.6 Å². The van der Waals surface area contributed by atoms with Crippen molar-refractivity contribution in [1.82, 2.24) is 4.90 Å². The Labute approximate surface area is 96.6 Å². The molecule has 16 heavy (non-hydrogen) atoms. The summed E-state index contributed by atoms with van der Waals surface area (Å²) in [6, 6.07) is 0. The highest BCUT2D eigenvalue weighted by atomic mass is 16.4. The zero-order chi connectivity index (χ0) is 12.0. The van der Waals surface area contributed by atoms with Gasteiger partial charge in [-0.3, -0.25) is 9.59 Å². The maximum absolute atomic E-state index is 11.6. The normalized spacial score (nSPS) is 15.9. The summed E-state index contributed by atoms with van der Waals surface area (Å²) in [7, 11) is 0. The van der Waals surface area contributed by atoms with Gasteiger partial charge in [0, 0.05) is 19.5 Å². The number of likely N-dealkylation sites (tertiary alicyclic amines) is 1. The fourth-order valence-electron chi connectivity index (χ4n) is 1.88. The van der Waals surface area contributed by atoms with Crippen LogP contribution in [0.3, 0.4) is 0 Å². The molecule has 0 spiro atoms. The second kappa shape index (κ2) is 6.51. The van der Waals surface area contributed by atoms with Gasteiger partial charge in [-0.15, -0.1) is 0 Å². The molecule has 0 aromatic carbocycles. The van der Waals surface area contributed by atoms with E-state index >= 15 is 0 Å². The molecule has 0 aromatic heterocycles. The molecule has 0 aromatic rings. The van der Waals surface area contributed by atoms with Gasteiger partial charge in [-0.25, -0.2) is 0 Å². The lowest BCUT2D eigenvalue weighted by atomic mass is 9.99. The third-order valence-electron chi connectivity index (χ3n) is 3.08. The van der Waals surface area contributed by atoms with Crippen molar-refractivity contribution >= 4 is 11.9 Å². The summed E-state index contributed by atoms with van der Waals surface area (Å²) in [4.78, 5) is 23.8. The van der Waals surface area contributed by atoms with Crippen LogP contribution >= 0.6 is 0 Å². The van der Waals surface area contributed by atoms with Gasteiger partial charge < -0.3 is 10.0 Å². The molecule has 1 heterocycles. The number of hydrogen-bond donors (Lipinski definition) is 1. The Hall–Kier alpha value is -1.06. The van der Waals surface area contributed by atoms with Gasteiger partial charge in [0.05, 0.1) is 5.92 Å². The first-order chi connectivity index (χ1) is 7.65. The van der Waals surface area contributed by atoms with Crippen LogP contribution in [0.5, 0.6) is 0 Å². The van der Waals surface area contributed by atoms with Crippen molar-refractivity contribution in [3.8, 4) is 0 Å². The quantitative estimate of drug-likeness (QED) is 0.676. The minimum absolute atomic E-state index is 0.119. The van der Waals surface area contributed by atoms with Gasteiger partial charge >= 0.3 is 5.97 Å². The molecular weight excluding hydrogens is 206 g/mol. The van der Waals surface area contributed by atoms with E-state index < -0.39 is 5.97 Å². The van der Waals surface area contributed by atoms with Crippen molar-refractivity contribution in [1.29, 1.82) is 0 Å². The standard InChI is InChI=1S/C12H21NO3/c1-2-3-4-5-6-7-11(14)13-8-10(9-13)12(15)16/h10H,2-9H2,1H3,(H,15,16). The minimum Gasteiger partial charge on any atom is -0.481 e. The van der Waals surface area contributed by atoms with Crippen LogP contribution in [0.1, 0.15) is 45.4 Å². The van der Waals surface area contributed by atoms with E-state index in [4.69, 9.17) is 5.11 Å². The van der Waals surface area contributed by atoms with Gasteiger partial charge in [-0.2, -0.15) is 0 Å². The predicted molar refractivity (Wildman–Crippen MR) is 61.1 cm³/mol. The molecule has 0 radical (unpaired) electrons. The van der Waals surface area contributed by atoms with Crippen LogP contribution in [-0.4, -0.2) is 35.0 Å². The maximum atomic E-state index is 11.6. The second-order valence-corrected chi connectivity index (χ2v) is 4.50. The Kier molecular flexibility index (Phi) is 5.29. The fourth-order valence-corrected chi connectivity index (χ4v) is 1.88. The average molecular weight is 227 g/mol. The third kappa shape index (κ3) is 3.83. The molecule has 1 aliphatic rings. The zero-order valence-corrected chi connectivity index (χ0v) is 9.95. The number of unbranched alkanes of at least 4 members (excludes halogenated alkanes) is 4. The Morgan fingerprint density at radius 3 is 2.38 bits per heavy atom. The number of carbonyl (C=O) groups excluding carboxylic acids is 1. The Bertz CT molecular complexity index is 247. The molecule has 0 aliphatic carbocycles. The number of amides is 1. The summed E-state index contributed by atoms with van der Waals surface area (Å²) in [5, 5.41) is 8.67. The molecule has 1 rings (SSSR count). The smallest absolute Gasteiger partial charge is 0.310 e. The van der Waals surface area contributed by atoms with Crippen molar-refractivity contribution in [2.45, 2.75) is 45.4 Å². The van der Waals surface area contributed by atoms with Crippen molar-refractivity contribution < 1.29 is 14.7 Å². The zero-order valence-electron chi connectivity index (χ0n) is 9.95. The number of rotatable bonds is 7. The molecule has 1 aliphatic heterocycles. The van der Waals surface area contributed by atoms with Gasteiger partial charge in [0.25, 0.3) is 0 Å². The summed E-state index contributed by atoms with van der Waals surface area (Å²) in [6.07, 6.45) is 6.26. The molecule has 4 nitrogen and oxygen atoms in total. The second-order valence-electron chi connectivity index (χ2n) is 4.50. The molecular formula is C12H21NO3. The van der Waals surface area contributed by atoms with E-state index in [2.05, 4.69) is 6.92 Å². The van der Waals surface area contributed by atoms with Gasteiger partial charge in [0.1, 0.15) is 0 Å². The van der Waals surface area contributed by atoms with E-state index in [1.165, 1.54) is 19.3 Å². The number of aliphatic carboxylic acids is 1. The molecule has 0 bridgehead atoms. The van der Waals surface area contributed by atoms with E-state index in [1.54, 1.807) is 4.90 Å². The Morgan fingerprint density at radius 1 is 1.19 bits per heavy atom. The molecule has 1 saturated heterocycles. The van der Waals surface area contributed by atoms with Crippen molar-refractivity contribution in [2.75, 3.05) is 13.1 Å². The summed E-state index contributed by atoms with van der Waals surface area (Å²) in [6.45, 7) is 2.98. The summed E-state index contributed by atoms with van der Waals surface area (Å²) >= 11 is 0. The molecule has 0 atom stereocenters. The van der Waals surface area contributed by atoms with Crippen LogP contribution in [0.2, 0.25) is 0 Å². The van der Waals surface area contributed by atoms with Gasteiger partial charge in [-0.05, 0) is 6.42 Å². The molecule has 0 unspecified atom stereocenters. The van der Waals surface area contributed by atoms with Crippen LogP contribution in [0.4, 0.5) is 0 Å². The van der Waals surface area contributed by atoms with E-state index in [1.807, 2.05) is 0 Å². The summed E-state index contributed by atoms with van der Waals surface area (Å²) in [5.41, 5.74) is 0. The largest absolute Gasteiger partial charge is 0.481 e. The monoisotopic (exact) mass is 227 g/mol. The fraction of sp³-hybridized carbons (Fsp3) is 0.833. The predicted octanol–water partition coefficient (Wildman–Crippen LogP) is 1.89. The van der Waals surface area contributed by atoms with Crippen molar-refractivity contribution in [2.24, 2.45) is 5.92 Å². The molecule has 92 valence electrons. The molecule has 0 saturated carbocycles. The number of carboxylic acids is 1. The summed E-state index contributed by atoms with van der Waals surface area (Å²) in [5.74, 6) is -0.995. The van der Waals surface area contributed by atoms with Crippen LogP contribution in [0.25, 0.3) is 0 Å². The van der Waals surface area contributed by atoms with E-state index in [0.29, 0.717) is 19.5 Å². The van der Waals surface area contributed by atoms with Crippen LogP contribution < -0.4 is 0 Å². The van der Waals surface area contributed by atoms with Gasteiger partial charge in [0.2, 0.25) is 5.91 Å². The van der Waals surface area contributed by atoms with Crippen LogP contribution in [-0.2, 0) is 9.59 Å². The highest BCUT2D eigenvalue weighted by Gasteiger charge is 2.34. The summed E-state index contributed by atoms with van der Waals surface area (Å²) < 4.78 is 0. The lowest BCUT2D eigenvalue weighted by molar-refractivity contribution is -0.152. The molecule has 1 amide bonds. The van der Waals surface area contributed by atoms with Gasteiger partial charge in [0.15, 0.2) is 0 Å². The SMILES string of the molecule is CCCCCCCC(=O)N1CC(C(=O)O)C1. The van der Waals surface area contributed by atoms with Crippen molar-refractivity contribution in [3.63, 3.8) is 0 Å². The number of hydrogen-bond acceptors (Lipinski definition) is 2. The average Bonchev–Trinajstić information content (AvgIpc) is 2.14. The number of carbonyl (C=O) groups is 2. The van der Waals surface area contributed by atoms with E-state index in [9.17, 15) is 9.59 Å². The lowest BCUT2D eigenvalue weighted by Crippen LogP contribution is -2.52. The molecule has 1 fully saturated rings. The number of carboxylic acid groups (broad SMARTS) is 1. The maximum Gasteiger partial charge on any atom is 0.310 e. The molecule has 1 N–H and O–H groups in total. The van der Waals surface area contributed by atoms with Crippen molar-refractivity contribution in [3.05, 3.63) is 0 Å². The minimum atomic E-state index is -0.785. The first-order valence-electron chi connectivity index (χ1n) is 6.15. The number of nitrogens with zero attached hydrogens (tertiary/aromatic N) is 1. The lowest BCUT2D eigenvalue weighted by Gasteiger charge is -2.36. The Balaban J connectivity index is 2.02. The van der Waals surface area contributed by atoms with Crippen LogP contribution in [0.15, 0.2) is 0 Å². The third-order valence-corrected chi connectivity index (χ3v) is 3.08. The van der Waals surface area contributed by atoms with Gasteiger partial charge in [-0.1, -0.05) is 32.6 Å². The Morgan fingerprint density at radius 2 is 1.81 bits per heavy atom. The highest BCUT2D eigenvalue weighted by Crippen LogP contribution is 2.17. The molecule has 4 heteroatoms. The van der Waals surface area contributed by atoms with Crippen LogP contribution in [0, 0.1) is 5.92 Å². The first kappa shape index (κ1) is 13.0. The van der Waals surface area contributed by atoms with E-state index in [-0.39, 0.29) is 11.8 Å².